The van der Waals surface area contributed by atoms with Gasteiger partial charge in [0, 0.05) is 12.6 Å². The van der Waals surface area contributed by atoms with Crippen molar-refractivity contribution in [1.82, 2.24) is 10.2 Å². The minimum Gasteiger partial charge on any atom is -0.352 e. The molecule has 3 aromatic carbocycles. The van der Waals surface area contributed by atoms with E-state index in [9.17, 15) is 18.0 Å². The molecule has 0 aliphatic rings. The summed E-state index contributed by atoms with van der Waals surface area (Å²) in [4.78, 5) is 28.5. The highest BCUT2D eigenvalue weighted by Crippen LogP contribution is 2.26. The van der Waals surface area contributed by atoms with Crippen LogP contribution in [0.2, 0.25) is 0 Å². The zero-order valence-electron chi connectivity index (χ0n) is 22.9. The first-order valence-corrected chi connectivity index (χ1v) is 14.1. The van der Waals surface area contributed by atoms with E-state index in [0.717, 1.165) is 26.6 Å². The first-order chi connectivity index (χ1) is 17.9. The maximum absolute atomic E-state index is 13.9. The molecule has 3 aromatic rings. The summed E-state index contributed by atoms with van der Waals surface area (Å²) in [6, 6.07) is 20.3. The van der Waals surface area contributed by atoms with Crippen LogP contribution in [0.5, 0.6) is 0 Å². The zero-order valence-corrected chi connectivity index (χ0v) is 23.7. The number of hydrogen-bond acceptors (Lipinski definition) is 4. The lowest BCUT2D eigenvalue weighted by molar-refractivity contribution is -0.139. The van der Waals surface area contributed by atoms with Gasteiger partial charge in [0.15, 0.2) is 0 Å². The van der Waals surface area contributed by atoms with E-state index in [1.54, 1.807) is 49.4 Å². The van der Waals surface area contributed by atoms with Gasteiger partial charge in [0.05, 0.1) is 10.6 Å². The molecule has 0 spiro atoms. The predicted octanol–water partition coefficient (Wildman–Crippen LogP) is 4.75. The van der Waals surface area contributed by atoms with Crippen molar-refractivity contribution < 1.29 is 18.0 Å². The molecular weight excluding hydrogens is 498 g/mol. The molecule has 0 fully saturated rings. The summed E-state index contributed by atoms with van der Waals surface area (Å²) in [5.74, 6) is -0.776. The topological polar surface area (TPSA) is 86.8 Å². The molecule has 3 rings (SSSR count). The van der Waals surface area contributed by atoms with Crippen LogP contribution in [0.1, 0.15) is 43.0 Å². The van der Waals surface area contributed by atoms with E-state index in [4.69, 9.17) is 0 Å². The molecule has 0 saturated carbocycles. The molecule has 0 unspecified atom stereocenters. The zero-order chi connectivity index (χ0) is 28.0. The highest BCUT2D eigenvalue weighted by Gasteiger charge is 2.32. The van der Waals surface area contributed by atoms with E-state index in [2.05, 4.69) is 5.32 Å². The number of sulfonamides is 1. The number of hydrogen-bond donors (Lipinski definition) is 1. The Morgan fingerprint density at radius 1 is 0.842 bits per heavy atom. The van der Waals surface area contributed by atoms with Crippen molar-refractivity contribution in [3.63, 3.8) is 0 Å². The Kier molecular flexibility index (Phi) is 9.33. The summed E-state index contributed by atoms with van der Waals surface area (Å²) >= 11 is 0. The number of carbonyl (C=O) groups excluding carboxylic acids is 2. The summed E-state index contributed by atoms with van der Waals surface area (Å²) in [6.07, 6.45) is 0. The maximum Gasteiger partial charge on any atom is 0.264 e. The first-order valence-electron chi connectivity index (χ1n) is 12.7. The molecular formula is C30H37N3O4S. The Morgan fingerprint density at radius 2 is 1.50 bits per heavy atom. The van der Waals surface area contributed by atoms with E-state index < -0.39 is 28.5 Å². The summed E-state index contributed by atoms with van der Waals surface area (Å²) in [5, 5.41) is 2.87. The van der Waals surface area contributed by atoms with Crippen molar-refractivity contribution in [3.8, 4) is 0 Å². The lowest BCUT2D eigenvalue weighted by Gasteiger charge is -2.32. The molecule has 0 saturated heterocycles. The summed E-state index contributed by atoms with van der Waals surface area (Å²) < 4.78 is 28.8. The van der Waals surface area contributed by atoms with Gasteiger partial charge < -0.3 is 10.2 Å². The van der Waals surface area contributed by atoms with Gasteiger partial charge in [-0.1, -0.05) is 54.1 Å². The maximum atomic E-state index is 13.9. The van der Waals surface area contributed by atoms with Crippen LogP contribution in [0.4, 0.5) is 5.69 Å². The van der Waals surface area contributed by atoms with E-state index in [0.29, 0.717) is 5.69 Å². The van der Waals surface area contributed by atoms with Gasteiger partial charge in [-0.05, 0) is 82.5 Å². The molecule has 0 aliphatic heterocycles. The second-order valence-corrected chi connectivity index (χ2v) is 11.8. The molecule has 0 aromatic heterocycles. The molecule has 0 radical (unpaired) electrons. The standard InChI is InChI=1S/C30H37N3O4S/c1-21(2)31-30(35)25(6)32(19-26-12-8-7-11-24(26)5)29(34)20-33(27-13-9-10-23(4)18-27)38(36,37)28-16-14-22(3)15-17-28/h7-18,21,25H,19-20H2,1-6H3,(H,31,35)/t25-/m0/s1. The van der Waals surface area contributed by atoms with Crippen LogP contribution in [0.25, 0.3) is 0 Å². The highest BCUT2D eigenvalue weighted by atomic mass is 32.2. The van der Waals surface area contributed by atoms with Crippen LogP contribution in [-0.2, 0) is 26.2 Å². The van der Waals surface area contributed by atoms with Gasteiger partial charge in [0.25, 0.3) is 10.0 Å². The lowest BCUT2D eigenvalue weighted by Crippen LogP contribution is -2.52. The van der Waals surface area contributed by atoms with Gasteiger partial charge in [-0.25, -0.2) is 8.42 Å². The van der Waals surface area contributed by atoms with Crippen molar-refractivity contribution >= 4 is 27.5 Å². The number of amides is 2. The molecule has 202 valence electrons. The minimum atomic E-state index is -4.08. The van der Waals surface area contributed by atoms with Crippen molar-refractivity contribution in [2.45, 2.75) is 65.1 Å². The van der Waals surface area contributed by atoms with E-state index in [-0.39, 0.29) is 23.4 Å². The fraction of sp³-hybridized carbons (Fsp3) is 0.333. The van der Waals surface area contributed by atoms with Crippen molar-refractivity contribution in [2.24, 2.45) is 0 Å². The molecule has 0 heterocycles. The quantitative estimate of drug-likeness (QED) is 0.406. The van der Waals surface area contributed by atoms with Crippen LogP contribution >= 0.6 is 0 Å². The van der Waals surface area contributed by atoms with Crippen LogP contribution in [0.3, 0.4) is 0 Å². The van der Waals surface area contributed by atoms with Crippen molar-refractivity contribution in [3.05, 3.63) is 95.1 Å². The van der Waals surface area contributed by atoms with Crippen LogP contribution in [-0.4, -0.2) is 43.8 Å². The van der Waals surface area contributed by atoms with E-state index in [1.165, 1.54) is 4.90 Å². The molecule has 7 nitrogen and oxygen atoms in total. The fourth-order valence-electron chi connectivity index (χ4n) is 4.11. The van der Waals surface area contributed by atoms with Gasteiger partial charge in [-0.3, -0.25) is 13.9 Å². The van der Waals surface area contributed by atoms with Crippen LogP contribution in [0, 0.1) is 20.8 Å². The molecule has 0 bridgehead atoms. The molecule has 0 aliphatic carbocycles. The third-order valence-corrected chi connectivity index (χ3v) is 8.17. The molecule has 8 heteroatoms. The SMILES string of the molecule is Cc1ccc(S(=O)(=O)N(CC(=O)N(Cc2ccccc2C)[C@@H](C)C(=O)NC(C)C)c2cccc(C)c2)cc1. The van der Waals surface area contributed by atoms with Crippen molar-refractivity contribution in [2.75, 3.05) is 10.8 Å². The summed E-state index contributed by atoms with van der Waals surface area (Å²) in [5.41, 5.74) is 4.03. The third-order valence-electron chi connectivity index (χ3n) is 6.38. The predicted molar refractivity (Wildman–Crippen MR) is 151 cm³/mol. The molecule has 1 atom stereocenters. The number of carbonyl (C=O) groups is 2. The Labute approximate surface area is 226 Å². The highest BCUT2D eigenvalue weighted by molar-refractivity contribution is 7.92. The summed E-state index contributed by atoms with van der Waals surface area (Å²) in [7, 11) is -4.08. The molecule has 38 heavy (non-hydrogen) atoms. The normalized spacial score (nSPS) is 12.2. The number of anilines is 1. The van der Waals surface area contributed by atoms with Gasteiger partial charge in [0.2, 0.25) is 11.8 Å². The largest absolute Gasteiger partial charge is 0.352 e. The molecule has 2 amide bonds. The lowest BCUT2D eigenvalue weighted by atomic mass is 10.1. The van der Waals surface area contributed by atoms with Gasteiger partial charge >= 0.3 is 0 Å². The average Bonchev–Trinajstić information content (AvgIpc) is 2.86. The smallest absolute Gasteiger partial charge is 0.264 e. The summed E-state index contributed by atoms with van der Waals surface area (Å²) in [6.45, 7) is 10.8. The Balaban J connectivity index is 2.04. The number of benzene rings is 3. The second-order valence-electron chi connectivity index (χ2n) is 9.95. The number of nitrogens with zero attached hydrogens (tertiary/aromatic N) is 2. The number of nitrogens with one attached hydrogen (secondary N) is 1. The fourth-order valence-corrected chi connectivity index (χ4v) is 5.51. The third kappa shape index (κ3) is 7.01. The average molecular weight is 536 g/mol. The van der Waals surface area contributed by atoms with Crippen LogP contribution < -0.4 is 9.62 Å². The van der Waals surface area contributed by atoms with Crippen molar-refractivity contribution in [1.29, 1.82) is 0 Å². The monoisotopic (exact) mass is 535 g/mol. The van der Waals surface area contributed by atoms with Crippen LogP contribution in [0.15, 0.2) is 77.7 Å². The van der Waals surface area contributed by atoms with Gasteiger partial charge in [0.1, 0.15) is 12.6 Å². The van der Waals surface area contributed by atoms with Gasteiger partial charge in [-0.15, -0.1) is 0 Å². The molecule has 1 N–H and O–H groups in total. The first kappa shape index (κ1) is 28.9. The van der Waals surface area contributed by atoms with E-state index >= 15 is 0 Å². The van der Waals surface area contributed by atoms with E-state index in [1.807, 2.05) is 65.0 Å². The Hall–Kier alpha value is -3.65. The Morgan fingerprint density at radius 3 is 2.11 bits per heavy atom. The number of rotatable bonds is 10. The number of aryl methyl sites for hydroxylation is 3. The minimum absolute atomic E-state index is 0.0912. The van der Waals surface area contributed by atoms with Gasteiger partial charge in [-0.2, -0.15) is 0 Å². The second kappa shape index (κ2) is 12.3. The Bertz CT molecular complexity index is 1380.